The molecule has 158 valence electrons. The summed E-state index contributed by atoms with van der Waals surface area (Å²) >= 11 is 1.59. The number of carboxylic acids is 1. The number of rotatable bonds is 10. The van der Waals surface area contributed by atoms with Crippen molar-refractivity contribution in [2.75, 3.05) is 13.7 Å². The first-order valence-corrected chi connectivity index (χ1v) is 10.4. The third kappa shape index (κ3) is 5.48. The molecule has 0 amide bonds. The van der Waals surface area contributed by atoms with Gasteiger partial charge in [0.2, 0.25) is 5.89 Å². The molecule has 7 nitrogen and oxygen atoms in total. The van der Waals surface area contributed by atoms with Crippen LogP contribution in [0.25, 0.3) is 10.8 Å². The maximum Gasteiger partial charge on any atom is 0.312 e. The number of aryl methyl sites for hydroxylation is 1. The SMILES string of the molecule is CON=C(C)C(Cc1ccc(OCCc2nc(-c3cccs3)oc2C)cc1)C(=O)O. The molecule has 3 aromatic rings. The summed E-state index contributed by atoms with van der Waals surface area (Å²) in [4.78, 5) is 21.8. The Morgan fingerprint density at radius 2 is 2.07 bits per heavy atom. The van der Waals surface area contributed by atoms with Crippen molar-refractivity contribution in [2.45, 2.75) is 26.7 Å². The van der Waals surface area contributed by atoms with Gasteiger partial charge in [0.15, 0.2) is 0 Å². The normalized spacial score (nSPS) is 12.6. The van der Waals surface area contributed by atoms with E-state index in [4.69, 9.17) is 14.0 Å². The molecule has 0 spiro atoms. The van der Waals surface area contributed by atoms with Crippen LogP contribution in [0.3, 0.4) is 0 Å². The summed E-state index contributed by atoms with van der Waals surface area (Å²) in [6.07, 6.45) is 0.966. The van der Waals surface area contributed by atoms with E-state index < -0.39 is 11.9 Å². The fraction of sp³-hybridized carbons (Fsp3) is 0.318. The fourth-order valence-electron chi connectivity index (χ4n) is 3.01. The van der Waals surface area contributed by atoms with Gasteiger partial charge in [-0.25, -0.2) is 4.98 Å². The zero-order chi connectivity index (χ0) is 21.5. The molecule has 1 atom stereocenters. The number of carboxylic acid groups (broad SMARTS) is 1. The Hall–Kier alpha value is -3.13. The lowest BCUT2D eigenvalue weighted by atomic mass is 9.95. The van der Waals surface area contributed by atoms with Gasteiger partial charge >= 0.3 is 5.97 Å². The zero-order valence-corrected chi connectivity index (χ0v) is 17.9. The monoisotopic (exact) mass is 428 g/mol. The second kappa shape index (κ2) is 10.1. The Bertz CT molecular complexity index is 993. The number of carbonyl (C=O) groups is 1. The van der Waals surface area contributed by atoms with Crippen LogP contribution in [0.5, 0.6) is 5.75 Å². The first kappa shape index (κ1) is 21.6. The van der Waals surface area contributed by atoms with E-state index in [1.807, 2.05) is 48.7 Å². The molecule has 2 aromatic heterocycles. The molecule has 2 heterocycles. The minimum atomic E-state index is -0.932. The predicted molar refractivity (Wildman–Crippen MR) is 115 cm³/mol. The number of aromatic nitrogens is 1. The minimum Gasteiger partial charge on any atom is -0.493 e. The molecule has 3 rings (SSSR count). The number of hydrogen-bond acceptors (Lipinski definition) is 7. The van der Waals surface area contributed by atoms with E-state index in [2.05, 4.69) is 10.1 Å². The van der Waals surface area contributed by atoms with Crippen LogP contribution in [0, 0.1) is 12.8 Å². The molecule has 0 radical (unpaired) electrons. The number of oxazole rings is 1. The predicted octanol–water partition coefficient (Wildman–Crippen LogP) is 4.60. The highest BCUT2D eigenvalue weighted by atomic mass is 32.1. The van der Waals surface area contributed by atoms with E-state index in [0.717, 1.165) is 21.9 Å². The van der Waals surface area contributed by atoms with Gasteiger partial charge in [-0.05, 0) is 49.4 Å². The maximum atomic E-state index is 11.5. The van der Waals surface area contributed by atoms with E-state index in [-0.39, 0.29) is 0 Å². The summed E-state index contributed by atoms with van der Waals surface area (Å²) in [6.45, 7) is 4.02. The molecule has 0 aliphatic carbocycles. The van der Waals surface area contributed by atoms with Crippen LogP contribution in [0.1, 0.15) is 23.9 Å². The quantitative estimate of drug-likeness (QED) is 0.375. The van der Waals surface area contributed by atoms with Crippen molar-refractivity contribution in [2.24, 2.45) is 11.1 Å². The van der Waals surface area contributed by atoms with Crippen LogP contribution >= 0.6 is 11.3 Å². The second-order valence-corrected chi connectivity index (χ2v) is 7.70. The lowest BCUT2D eigenvalue weighted by Crippen LogP contribution is -2.24. The van der Waals surface area contributed by atoms with Crippen LogP contribution in [0.4, 0.5) is 0 Å². The molecule has 0 aliphatic heterocycles. The fourth-order valence-corrected chi connectivity index (χ4v) is 3.66. The summed E-state index contributed by atoms with van der Waals surface area (Å²) in [5.74, 6) is 0.489. The van der Waals surface area contributed by atoms with Gasteiger partial charge < -0.3 is 19.1 Å². The summed E-state index contributed by atoms with van der Waals surface area (Å²) in [5, 5.41) is 15.2. The minimum absolute atomic E-state index is 0.331. The Balaban J connectivity index is 1.55. The largest absolute Gasteiger partial charge is 0.493 e. The standard InChI is InChI=1S/C22H24N2O5S/c1-14(24-27-3)18(22(25)26)13-16-6-8-17(9-7-16)28-11-10-19-15(2)29-21(23-19)20-5-4-12-30-20/h4-9,12,18H,10-11,13H2,1-3H3,(H,25,26). The number of ether oxygens (including phenoxy) is 1. The number of oxime groups is 1. The van der Waals surface area contributed by atoms with Gasteiger partial charge in [-0.15, -0.1) is 11.3 Å². The smallest absolute Gasteiger partial charge is 0.312 e. The molecule has 1 N–H and O–H groups in total. The van der Waals surface area contributed by atoms with Crippen molar-refractivity contribution in [3.05, 3.63) is 58.8 Å². The van der Waals surface area contributed by atoms with Crippen molar-refractivity contribution in [1.82, 2.24) is 4.98 Å². The number of aliphatic carboxylic acids is 1. The van der Waals surface area contributed by atoms with Gasteiger partial charge in [-0.2, -0.15) is 0 Å². The number of thiophene rings is 1. The summed E-state index contributed by atoms with van der Waals surface area (Å²) in [6, 6.07) is 11.3. The molecule has 0 bridgehead atoms. The van der Waals surface area contributed by atoms with Crippen molar-refractivity contribution in [3.8, 4) is 16.5 Å². The lowest BCUT2D eigenvalue weighted by molar-refractivity contribution is -0.139. The van der Waals surface area contributed by atoms with Gasteiger partial charge in [0.25, 0.3) is 0 Å². The van der Waals surface area contributed by atoms with Crippen molar-refractivity contribution >= 4 is 23.0 Å². The van der Waals surface area contributed by atoms with Crippen molar-refractivity contribution in [1.29, 1.82) is 0 Å². The maximum absolute atomic E-state index is 11.5. The van der Waals surface area contributed by atoms with Crippen LogP contribution in [-0.4, -0.2) is 35.5 Å². The van der Waals surface area contributed by atoms with E-state index in [1.165, 1.54) is 7.11 Å². The van der Waals surface area contributed by atoms with Gasteiger partial charge in [0.1, 0.15) is 24.5 Å². The van der Waals surface area contributed by atoms with Crippen molar-refractivity contribution in [3.63, 3.8) is 0 Å². The summed E-state index contributed by atoms with van der Waals surface area (Å²) < 4.78 is 11.6. The van der Waals surface area contributed by atoms with E-state index in [0.29, 0.717) is 36.8 Å². The Kier molecular flexibility index (Phi) is 7.24. The van der Waals surface area contributed by atoms with E-state index in [1.54, 1.807) is 18.3 Å². The Morgan fingerprint density at radius 1 is 1.30 bits per heavy atom. The molecule has 0 fully saturated rings. The third-order valence-electron chi connectivity index (χ3n) is 4.63. The topological polar surface area (TPSA) is 94.2 Å². The van der Waals surface area contributed by atoms with Gasteiger partial charge in [0, 0.05) is 6.42 Å². The third-order valence-corrected chi connectivity index (χ3v) is 5.49. The van der Waals surface area contributed by atoms with Crippen molar-refractivity contribution < 1.29 is 23.9 Å². The van der Waals surface area contributed by atoms with Gasteiger partial charge in [0.05, 0.1) is 22.9 Å². The first-order valence-electron chi connectivity index (χ1n) is 9.50. The second-order valence-electron chi connectivity index (χ2n) is 6.75. The summed E-state index contributed by atoms with van der Waals surface area (Å²) in [7, 11) is 1.40. The molecule has 1 aromatic carbocycles. The zero-order valence-electron chi connectivity index (χ0n) is 17.1. The molecule has 1 unspecified atom stereocenters. The van der Waals surface area contributed by atoms with Crippen LogP contribution < -0.4 is 4.74 Å². The molecular weight excluding hydrogens is 404 g/mol. The van der Waals surface area contributed by atoms with Crippen LogP contribution in [0.2, 0.25) is 0 Å². The highest BCUT2D eigenvalue weighted by Gasteiger charge is 2.22. The average molecular weight is 429 g/mol. The van der Waals surface area contributed by atoms with Crippen LogP contribution in [0.15, 0.2) is 51.4 Å². The van der Waals surface area contributed by atoms with Gasteiger partial charge in [-0.1, -0.05) is 23.4 Å². The molecule has 30 heavy (non-hydrogen) atoms. The lowest BCUT2D eigenvalue weighted by Gasteiger charge is -2.12. The summed E-state index contributed by atoms with van der Waals surface area (Å²) in [5.41, 5.74) is 2.19. The van der Waals surface area contributed by atoms with E-state index in [9.17, 15) is 9.90 Å². The molecular formula is C22H24N2O5S. The number of benzene rings is 1. The molecule has 0 aliphatic rings. The Labute approximate surface area is 179 Å². The number of hydrogen-bond donors (Lipinski definition) is 1. The molecule has 8 heteroatoms. The highest BCUT2D eigenvalue weighted by Crippen LogP contribution is 2.26. The van der Waals surface area contributed by atoms with Gasteiger partial charge in [-0.3, -0.25) is 4.79 Å². The molecule has 0 saturated heterocycles. The highest BCUT2D eigenvalue weighted by molar-refractivity contribution is 7.13. The first-order chi connectivity index (χ1) is 14.5. The average Bonchev–Trinajstić information content (AvgIpc) is 3.37. The number of nitrogens with zero attached hydrogens (tertiary/aromatic N) is 2. The molecule has 0 saturated carbocycles. The Morgan fingerprint density at radius 3 is 2.70 bits per heavy atom. The van der Waals surface area contributed by atoms with Crippen LogP contribution in [-0.2, 0) is 22.5 Å². The van der Waals surface area contributed by atoms with E-state index >= 15 is 0 Å².